The number of hydrogen-bond donors (Lipinski definition) is 1. The summed E-state index contributed by atoms with van der Waals surface area (Å²) in [4.78, 5) is 37.0. The smallest absolute Gasteiger partial charge is 0.330 e. The van der Waals surface area contributed by atoms with Crippen molar-refractivity contribution in [3.63, 3.8) is 0 Å². The Kier molecular flexibility index (Phi) is 5.56. The molecule has 128 valence electrons. The zero-order chi connectivity index (χ0) is 17.9. The molecule has 2 heterocycles. The first-order chi connectivity index (χ1) is 11.3. The summed E-state index contributed by atoms with van der Waals surface area (Å²) in [5.74, 6) is -0.0376. The van der Waals surface area contributed by atoms with Gasteiger partial charge in [-0.15, -0.1) is 11.3 Å². The highest BCUT2D eigenvalue weighted by Gasteiger charge is 2.18. The van der Waals surface area contributed by atoms with Crippen molar-refractivity contribution in [1.82, 2.24) is 14.5 Å². The molecule has 0 aliphatic heterocycles. The molecule has 0 aromatic carbocycles. The van der Waals surface area contributed by atoms with E-state index in [1.807, 2.05) is 31.4 Å². The standard InChI is InChI=1S/C17H21N3O3S/c1-11(2)15(13-6-5-9-24-13)18-14(21)8-7-12-10-19(3)17(23)20(4)16(12)22/h5-11,15H,1-4H3,(H,18,21). The second-order valence-corrected chi connectivity index (χ2v) is 6.90. The first-order valence-corrected chi connectivity index (χ1v) is 8.48. The number of aromatic nitrogens is 2. The molecule has 1 unspecified atom stereocenters. The number of aryl methyl sites for hydroxylation is 1. The molecule has 0 bridgehead atoms. The summed E-state index contributed by atoms with van der Waals surface area (Å²) in [6, 6.07) is 3.86. The first kappa shape index (κ1) is 17.9. The van der Waals surface area contributed by atoms with Crippen LogP contribution in [0.15, 0.2) is 39.4 Å². The van der Waals surface area contributed by atoms with Gasteiger partial charge in [0.1, 0.15) is 0 Å². The summed E-state index contributed by atoms with van der Waals surface area (Å²) in [6.45, 7) is 4.08. The molecule has 0 saturated heterocycles. The normalized spacial score (nSPS) is 12.7. The van der Waals surface area contributed by atoms with E-state index in [0.29, 0.717) is 0 Å². The summed E-state index contributed by atoms with van der Waals surface area (Å²) >= 11 is 1.59. The lowest BCUT2D eigenvalue weighted by atomic mass is 10.0. The molecule has 7 heteroatoms. The van der Waals surface area contributed by atoms with Gasteiger partial charge in [0, 0.05) is 31.2 Å². The van der Waals surface area contributed by atoms with Crippen LogP contribution in [-0.2, 0) is 18.9 Å². The van der Waals surface area contributed by atoms with Gasteiger partial charge >= 0.3 is 5.69 Å². The highest BCUT2D eigenvalue weighted by Crippen LogP contribution is 2.25. The lowest BCUT2D eigenvalue weighted by molar-refractivity contribution is -0.117. The van der Waals surface area contributed by atoms with E-state index < -0.39 is 11.2 Å². The Bertz CT molecular complexity index is 860. The van der Waals surface area contributed by atoms with Crippen LogP contribution in [0.1, 0.15) is 30.3 Å². The molecule has 1 amide bonds. The van der Waals surface area contributed by atoms with E-state index in [1.165, 1.54) is 30.0 Å². The molecule has 0 radical (unpaired) electrons. The first-order valence-electron chi connectivity index (χ1n) is 7.60. The Morgan fingerprint density at radius 3 is 2.58 bits per heavy atom. The zero-order valence-corrected chi connectivity index (χ0v) is 15.0. The lowest BCUT2D eigenvalue weighted by Crippen LogP contribution is -2.37. The van der Waals surface area contributed by atoms with Crippen molar-refractivity contribution >= 4 is 23.3 Å². The second-order valence-electron chi connectivity index (χ2n) is 5.92. The van der Waals surface area contributed by atoms with E-state index in [4.69, 9.17) is 0 Å². The largest absolute Gasteiger partial charge is 0.345 e. The van der Waals surface area contributed by atoms with Crippen LogP contribution in [0.2, 0.25) is 0 Å². The van der Waals surface area contributed by atoms with Gasteiger partial charge in [-0.2, -0.15) is 0 Å². The fraction of sp³-hybridized carbons (Fsp3) is 0.353. The molecule has 0 saturated carbocycles. The van der Waals surface area contributed by atoms with Gasteiger partial charge in [-0.25, -0.2) is 4.79 Å². The molecule has 2 rings (SSSR count). The van der Waals surface area contributed by atoms with Crippen LogP contribution in [0.5, 0.6) is 0 Å². The van der Waals surface area contributed by atoms with Crippen molar-refractivity contribution in [2.24, 2.45) is 20.0 Å². The maximum atomic E-state index is 12.2. The minimum absolute atomic E-state index is 0.0786. The van der Waals surface area contributed by atoms with E-state index in [2.05, 4.69) is 5.32 Å². The summed E-state index contributed by atoms with van der Waals surface area (Å²) < 4.78 is 2.32. The van der Waals surface area contributed by atoms with E-state index in [-0.39, 0.29) is 23.4 Å². The molecule has 1 atom stereocenters. The van der Waals surface area contributed by atoms with Gasteiger partial charge in [0.05, 0.1) is 11.6 Å². The quantitative estimate of drug-likeness (QED) is 0.836. The minimum Gasteiger partial charge on any atom is -0.345 e. The van der Waals surface area contributed by atoms with Gasteiger partial charge in [0.25, 0.3) is 5.56 Å². The van der Waals surface area contributed by atoms with Crippen molar-refractivity contribution in [2.75, 3.05) is 0 Å². The summed E-state index contributed by atoms with van der Waals surface area (Å²) in [6.07, 6.45) is 4.18. The molecule has 0 spiro atoms. The predicted octanol–water partition coefficient (Wildman–Crippen LogP) is 1.67. The monoisotopic (exact) mass is 347 g/mol. The Balaban J connectivity index is 2.19. The summed E-state index contributed by atoms with van der Waals surface area (Å²) in [7, 11) is 2.97. The van der Waals surface area contributed by atoms with Crippen molar-refractivity contribution in [2.45, 2.75) is 19.9 Å². The van der Waals surface area contributed by atoms with E-state index in [0.717, 1.165) is 9.44 Å². The topological polar surface area (TPSA) is 73.1 Å². The summed E-state index contributed by atoms with van der Waals surface area (Å²) in [5.41, 5.74) is -0.549. The molecule has 0 aliphatic carbocycles. The van der Waals surface area contributed by atoms with Gasteiger partial charge in [-0.3, -0.25) is 14.2 Å². The third-order valence-electron chi connectivity index (χ3n) is 3.70. The molecular formula is C17H21N3O3S. The van der Waals surface area contributed by atoms with Crippen molar-refractivity contribution in [3.8, 4) is 0 Å². The third kappa shape index (κ3) is 3.91. The number of nitrogens with zero attached hydrogens (tertiary/aromatic N) is 2. The van der Waals surface area contributed by atoms with Gasteiger partial charge in [-0.05, 0) is 23.4 Å². The molecular weight excluding hydrogens is 326 g/mol. The predicted molar refractivity (Wildman–Crippen MR) is 96.0 cm³/mol. The molecule has 2 aromatic rings. The van der Waals surface area contributed by atoms with E-state index in [9.17, 15) is 14.4 Å². The molecule has 1 N–H and O–H groups in total. The zero-order valence-electron chi connectivity index (χ0n) is 14.1. The fourth-order valence-corrected chi connectivity index (χ4v) is 3.30. The van der Waals surface area contributed by atoms with E-state index >= 15 is 0 Å². The maximum absolute atomic E-state index is 12.2. The number of amides is 1. The third-order valence-corrected chi connectivity index (χ3v) is 4.66. The molecule has 0 aliphatic rings. The fourth-order valence-electron chi connectivity index (χ4n) is 2.35. The number of nitrogens with one attached hydrogen (secondary N) is 1. The number of rotatable bonds is 5. The van der Waals surface area contributed by atoms with Gasteiger partial charge in [0.15, 0.2) is 0 Å². The molecule has 2 aromatic heterocycles. The molecule has 6 nitrogen and oxygen atoms in total. The van der Waals surface area contributed by atoms with Crippen LogP contribution in [0, 0.1) is 5.92 Å². The molecule has 24 heavy (non-hydrogen) atoms. The number of thiophene rings is 1. The highest BCUT2D eigenvalue weighted by atomic mass is 32.1. The Morgan fingerprint density at radius 1 is 1.29 bits per heavy atom. The second kappa shape index (κ2) is 7.44. The number of carbonyl (C=O) groups excluding carboxylic acids is 1. The van der Waals surface area contributed by atoms with Crippen LogP contribution in [0.3, 0.4) is 0 Å². The van der Waals surface area contributed by atoms with Crippen molar-refractivity contribution in [1.29, 1.82) is 0 Å². The Hall–Kier alpha value is -2.41. The number of carbonyl (C=O) groups is 1. The average Bonchev–Trinajstić information content (AvgIpc) is 3.06. The van der Waals surface area contributed by atoms with Crippen LogP contribution < -0.4 is 16.6 Å². The van der Waals surface area contributed by atoms with Crippen molar-refractivity contribution in [3.05, 3.63) is 61.1 Å². The van der Waals surface area contributed by atoms with Crippen molar-refractivity contribution < 1.29 is 4.79 Å². The number of hydrogen-bond acceptors (Lipinski definition) is 4. The Labute approximate surface area is 144 Å². The SMILES string of the molecule is CC(C)C(NC(=O)C=Cc1cn(C)c(=O)n(C)c1=O)c1cccs1. The van der Waals surface area contributed by atoms with Gasteiger partial charge in [0.2, 0.25) is 5.91 Å². The Morgan fingerprint density at radius 2 is 2.00 bits per heavy atom. The van der Waals surface area contributed by atoms with Gasteiger partial charge in [-0.1, -0.05) is 19.9 Å². The minimum atomic E-state index is -0.430. The van der Waals surface area contributed by atoms with Crippen LogP contribution in [0.4, 0.5) is 0 Å². The highest BCUT2D eigenvalue weighted by molar-refractivity contribution is 7.10. The van der Waals surface area contributed by atoms with E-state index in [1.54, 1.807) is 18.4 Å². The molecule has 0 fully saturated rings. The van der Waals surface area contributed by atoms with Crippen LogP contribution >= 0.6 is 11.3 Å². The maximum Gasteiger partial charge on any atom is 0.330 e. The van der Waals surface area contributed by atoms with Crippen LogP contribution in [0.25, 0.3) is 6.08 Å². The van der Waals surface area contributed by atoms with Crippen LogP contribution in [-0.4, -0.2) is 15.0 Å². The van der Waals surface area contributed by atoms with Gasteiger partial charge < -0.3 is 9.88 Å². The summed E-state index contributed by atoms with van der Waals surface area (Å²) in [5, 5.41) is 4.93. The average molecular weight is 347 g/mol. The lowest BCUT2D eigenvalue weighted by Gasteiger charge is -2.20.